The number of methoxy groups -OCH3 is 1. The van der Waals surface area contributed by atoms with Gasteiger partial charge in [0.05, 0.1) is 24.0 Å². The van der Waals surface area contributed by atoms with Gasteiger partial charge in [0.15, 0.2) is 0 Å². The van der Waals surface area contributed by atoms with Crippen LogP contribution in [0.3, 0.4) is 0 Å². The summed E-state index contributed by atoms with van der Waals surface area (Å²) in [4.78, 5) is 22.2. The molecule has 1 aliphatic carbocycles. The summed E-state index contributed by atoms with van der Waals surface area (Å²) >= 11 is 0. The zero-order valence-corrected chi connectivity index (χ0v) is 17.4. The highest BCUT2D eigenvalue weighted by molar-refractivity contribution is 6.05. The van der Waals surface area contributed by atoms with Crippen LogP contribution in [0.1, 0.15) is 60.3 Å². The van der Waals surface area contributed by atoms with Crippen molar-refractivity contribution in [1.82, 2.24) is 14.4 Å². The fraction of sp³-hybridized carbons (Fsp3) is 0.435. The summed E-state index contributed by atoms with van der Waals surface area (Å²) in [6, 6.07) is 7.43. The van der Waals surface area contributed by atoms with E-state index in [1.807, 2.05) is 35.7 Å². The topological polar surface area (TPSA) is 77.8 Å². The maximum Gasteiger partial charge on any atom is 0.262 e. The van der Waals surface area contributed by atoms with Gasteiger partial charge < -0.3 is 19.2 Å². The molecule has 30 heavy (non-hydrogen) atoms. The van der Waals surface area contributed by atoms with Crippen LogP contribution in [0.4, 0.5) is 5.82 Å². The number of aromatic nitrogens is 3. The summed E-state index contributed by atoms with van der Waals surface area (Å²) in [5, 5.41) is 2.88. The number of ether oxygens (including phenoxy) is 2. The third kappa shape index (κ3) is 3.33. The van der Waals surface area contributed by atoms with Gasteiger partial charge in [0.1, 0.15) is 17.2 Å². The molecule has 4 heterocycles. The third-order valence-electron chi connectivity index (χ3n) is 6.21. The molecule has 2 aliphatic rings. The number of hydrogen-bond acceptors (Lipinski definition) is 5. The number of carbonyl (C=O) groups is 1. The van der Waals surface area contributed by atoms with Crippen molar-refractivity contribution in [3.05, 3.63) is 53.6 Å². The fourth-order valence-electron chi connectivity index (χ4n) is 4.44. The number of rotatable bonds is 5. The van der Waals surface area contributed by atoms with Crippen LogP contribution < -0.4 is 10.1 Å². The first-order valence-electron chi connectivity index (χ1n) is 10.6. The van der Waals surface area contributed by atoms with Crippen LogP contribution in [0, 0.1) is 0 Å². The lowest BCUT2D eigenvalue weighted by molar-refractivity contribution is -0.00870. The molecule has 0 radical (unpaired) electrons. The number of nitrogens with zero attached hydrogens (tertiary/aromatic N) is 3. The number of pyridine rings is 2. The summed E-state index contributed by atoms with van der Waals surface area (Å²) in [5.41, 5.74) is 3.14. The molecule has 0 aromatic carbocycles. The Morgan fingerprint density at radius 3 is 3.00 bits per heavy atom. The van der Waals surface area contributed by atoms with Crippen LogP contribution in [0.25, 0.3) is 5.65 Å². The summed E-state index contributed by atoms with van der Waals surface area (Å²) in [5.74, 6) is 1.09. The number of carbonyl (C=O) groups excluding carboxylic acids is 1. The molecule has 1 N–H and O–H groups in total. The van der Waals surface area contributed by atoms with E-state index in [4.69, 9.17) is 14.5 Å². The van der Waals surface area contributed by atoms with E-state index < -0.39 is 0 Å². The van der Waals surface area contributed by atoms with Crippen molar-refractivity contribution in [2.75, 3.05) is 19.0 Å². The van der Waals surface area contributed by atoms with Gasteiger partial charge in [0, 0.05) is 36.7 Å². The van der Waals surface area contributed by atoms with Crippen LogP contribution in [-0.2, 0) is 11.2 Å². The Kier molecular flexibility index (Phi) is 4.70. The van der Waals surface area contributed by atoms with Crippen molar-refractivity contribution < 1.29 is 14.3 Å². The average molecular weight is 406 g/mol. The highest BCUT2D eigenvalue weighted by Crippen LogP contribution is 2.58. The highest BCUT2D eigenvalue weighted by Gasteiger charge is 2.57. The van der Waals surface area contributed by atoms with Crippen molar-refractivity contribution in [2.24, 2.45) is 0 Å². The molecule has 3 aromatic heterocycles. The zero-order valence-electron chi connectivity index (χ0n) is 17.4. The molecule has 2 atom stereocenters. The Morgan fingerprint density at radius 2 is 2.23 bits per heavy atom. The lowest BCUT2D eigenvalue weighted by atomic mass is 10.0. The van der Waals surface area contributed by atoms with E-state index in [0.717, 1.165) is 49.3 Å². The van der Waals surface area contributed by atoms with E-state index in [0.29, 0.717) is 23.0 Å². The Hall–Kier alpha value is -2.93. The minimum absolute atomic E-state index is 0.0174. The zero-order chi connectivity index (χ0) is 20.7. The quantitative estimate of drug-likeness (QED) is 0.693. The second-order valence-electron chi connectivity index (χ2n) is 8.14. The summed E-state index contributed by atoms with van der Waals surface area (Å²) < 4.78 is 13.5. The molecule has 5 rings (SSSR count). The largest absolute Gasteiger partial charge is 0.496 e. The van der Waals surface area contributed by atoms with Crippen molar-refractivity contribution in [1.29, 1.82) is 0 Å². The van der Waals surface area contributed by atoms with Gasteiger partial charge in [-0.15, -0.1) is 0 Å². The molecule has 0 bridgehead atoms. The van der Waals surface area contributed by atoms with Gasteiger partial charge in [-0.3, -0.25) is 4.79 Å². The first-order chi connectivity index (χ1) is 14.6. The Labute approximate surface area is 175 Å². The highest BCUT2D eigenvalue weighted by atomic mass is 16.5. The standard InChI is InChI=1S/C23H26N4O3/c1-3-15-7-6-8-20(24-15)26-22(28)16-13-27-14-18(25-21(27)11-19(16)29-2)17-12-23(17)9-4-5-10-30-23/h6-8,11,13-14,17H,3-5,9-10,12H2,1-2H3,(H,24,26,28). The SMILES string of the molecule is CCc1cccc(NC(=O)c2cn3cc(C4CC45CCCCO5)nc3cc2OC)n1. The van der Waals surface area contributed by atoms with Crippen molar-refractivity contribution in [3.63, 3.8) is 0 Å². The summed E-state index contributed by atoms with van der Waals surface area (Å²) in [7, 11) is 1.56. The van der Waals surface area contributed by atoms with E-state index >= 15 is 0 Å². The molecule has 1 spiro atoms. The molecular weight excluding hydrogens is 380 g/mol. The molecule has 2 unspecified atom stereocenters. The predicted octanol–water partition coefficient (Wildman–Crippen LogP) is 3.98. The smallest absolute Gasteiger partial charge is 0.262 e. The van der Waals surface area contributed by atoms with Gasteiger partial charge in [-0.2, -0.15) is 0 Å². The number of amides is 1. The van der Waals surface area contributed by atoms with Gasteiger partial charge in [0.2, 0.25) is 0 Å². The number of imidazole rings is 1. The molecule has 1 saturated heterocycles. The van der Waals surface area contributed by atoms with Crippen molar-refractivity contribution >= 4 is 17.4 Å². The molecule has 1 saturated carbocycles. The molecule has 1 amide bonds. The first kappa shape index (κ1) is 19.1. The van der Waals surface area contributed by atoms with Crippen molar-refractivity contribution in [3.8, 4) is 5.75 Å². The van der Waals surface area contributed by atoms with E-state index in [1.54, 1.807) is 19.4 Å². The molecule has 1 aliphatic heterocycles. The monoisotopic (exact) mass is 406 g/mol. The van der Waals surface area contributed by atoms with Gasteiger partial charge >= 0.3 is 0 Å². The van der Waals surface area contributed by atoms with Gasteiger partial charge in [-0.05, 0) is 44.2 Å². The minimum Gasteiger partial charge on any atom is -0.496 e. The van der Waals surface area contributed by atoms with Crippen LogP contribution in [-0.4, -0.2) is 39.6 Å². The molecule has 3 aromatic rings. The van der Waals surface area contributed by atoms with Crippen molar-refractivity contribution in [2.45, 2.75) is 50.5 Å². The minimum atomic E-state index is -0.261. The Balaban J connectivity index is 1.43. The number of aryl methyl sites for hydroxylation is 1. The number of anilines is 1. The molecule has 2 fully saturated rings. The number of hydrogen-bond donors (Lipinski definition) is 1. The normalized spacial score (nSPS) is 22.9. The second-order valence-corrected chi connectivity index (χ2v) is 8.14. The Morgan fingerprint density at radius 1 is 1.33 bits per heavy atom. The maximum absolute atomic E-state index is 12.9. The van der Waals surface area contributed by atoms with Gasteiger partial charge in [0.25, 0.3) is 5.91 Å². The van der Waals surface area contributed by atoms with Crippen LogP contribution >= 0.6 is 0 Å². The van der Waals surface area contributed by atoms with Crippen LogP contribution in [0.2, 0.25) is 0 Å². The van der Waals surface area contributed by atoms with E-state index in [9.17, 15) is 4.79 Å². The number of fused-ring (bicyclic) bond motifs is 1. The van der Waals surface area contributed by atoms with Crippen LogP contribution in [0.15, 0.2) is 36.7 Å². The summed E-state index contributed by atoms with van der Waals surface area (Å²) in [6.45, 7) is 2.87. The predicted molar refractivity (Wildman–Crippen MR) is 113 cm³/mol. The molecule has 156 valence electrons. The average Bonchev–Trinajstić information content (AvgIpc) is 3.29. The second kappa shape index (κ2) is 7.40. The lowest BCUT2D eigenvalue weighted by Crippen LogP contribution is -2.22. The molecule has 7 nitrogen and oxygen atoms in total. The third-order valence-corrected chi connectivity index (χ3v) is 6.21. The van der Waals surface area contributed by atoms with Crippen LogP contribution in [0.5, 0.6) is 5.75 Å². The lowest BCUT2D eigenvalue weighted by Gasteiger charge is -2.23. The van der Waals surface area contributed by atoms with E-state index in [1.165, 1.54) is 6.42 Å². The first-order valence-corrected chi connectivity index (χ1v) is 10.6. The summed E-state index contributed by atoms with van der Waals surface area (Å²) in [6.07, 6.45) is 9.09. The van der Waals surface area contributed by atoms with E-state index in [-0.39, 0.29) is 11.5 Å². The van der Waals surface area contributed by atoms with Gasteiger partial charge in [-0.25, -0.2) is 9.97 Å². The fourth-order valence-corrected chi connectivity index (χ4v) is 4.44. The Bertz CT molecular complexity index is 1100. The molecule has 7 heteroatoms. The number of nitrogens with one attached hydrogen (secondary N) is 1. The van der Waals surface area contributed by atoms with E-state index in [2.05, 4.69) is 10.3 Å². The maximum atomic E-state index is 12.9. The van der Waals surface area contributed by atoms with Gasteiger partial charge in [-0.1, -0.05) is 13.0 Å². The molecular formula is C23H26N4O3.